The van der Waals surface area contributed by atoms with Gasteiger partial charge in [0.05, 0.1) is 2.74 Å². The zero-order valence-corrected chi connectivity index (χ0v) is 16.1. The molecule has 31 heavy (non-hydrogen) atoms. The number of nitrogens with one attached hydrogen (secondary N) is 1. The van der Waals surface area contributed by atoms with Crippen molar-refractivity contribution >= 4 is 17.1 Å². The SMILES string of the molecule is [2H]C([2H])C([2H])([2H])C1(C([2H])([2H])C([2H])([2H])C(=O)O)C([2H])([2H])C([2H])([2H])C(C)(c2nc3c([nH]2)c(=O)n(C([2H])([2H])C([2H])([2H])C([2H])([2H])[2H])c(=O)n3C([2H])([2H])C([2H])([2H])C)C([2H])([2H])C1([2H])[2H]. The van der Waals surface area contributed by atoms with E-state index in [-0.39, 0.29) is 6.92 Å². The lowest BCUT2D eigenvalue weighted by Gasteiger charge is -2.44. The van der Waals surface area contributed by atoms with Gasteiger partial charge in [-0.3, -0.25) is 18.7 Å². The number of rotatable bonds is 9. The fourth-order valence-corrected chi connectivity index (χ4v) is 2.60. The lowest BCUT2D eigenvalue weighted by molar-refractivity contribution is -0.137. The van der Waals surface area contributed by atoms with Gasteiger partial charge in [-0.2, -0.15) is 0 Å². The summed E-state index contributed by atoms with van der Waals surface area (Å²) in [4.78, 5) is 45.6. The highest BCUT2D eigenvalue weighted by Gasteiger charge is 2.42. The van der Waals surface area contributed by atoms with E-state index < -0.39 is 138 Å². The number of carboxylic acid groups (broad SMARTS) is 1. The van der Waals surface area contributed by atoms with E-state index in [1.54, 1.807) is 0 Å². The number of fused-ring (bicyclic) bond motifs is 1. The summed E-state index contributed by atoms with van der Waals surface area (Å²) in [7, 11) is 0. The third-order valence-corrected chi connectivity index (χ3v) is 4.13. The van der Waals surface area contributed by atoms with Crippen molar-refractivity contribution in [3.8, 4) is 0 Å². The lowest BCUT2D eigenvalue weighted by atomic mass is 9.61. The first-order chi connectivity index (χ1) is 25.0. The number of imidazole rings is 1. The summed E-state index contributed by atoms with van der Waals surface area (Å²) in [6, 6.07) is 0. The van der Waals surface area contributed by atoms with Crippen LogP contribution in [0.3, 0.4) is 0 Å². The van der Waals surface area contributed by atoms with E-state index in [0.717, 1.165) is 0 Å². The van der Waals surface area contributed by atoms with Crippen molar-refractivity contribution in [1.82, 2.24) is 19.1 Å². The number of hydrogen-bond donors (Lipinski definition) is 2. The molecule has 0 saturated heterocycles. The fourth-order valence-electron chi connectivity index (χ4n) is 2.60. The largest absolute Gasteiger partial charge is 0.481 e. The number of aliphatic carboxylic acids is 1. The number of nitrogens with zero attached hydrogens (tertiary/aromatic N) is 3. The van der Waals surface area contributed by atoms with Crippen LogP contribution in [0, 0.1) is 5.41 Å². The summed E-state index contributed by atoms with van der Waals surface area (Å²) in [5.74, 6) is -4.48. The second-order valence-corrected chi connectivity index (χ2v) is 6.22. The minimum atomic E-state index is -5.05. The summed E-state index contributed by atoms with van der Waals surface area (Å²) in [5, 5.41) is 9.68. The Labute approximate surface area is 220 Å². The average Bonchev–Trinajstić information content (AvgIpc) is 3.43. The van der Waals surface area contributed by atoms with Crippen molar-refractivity contribution in [2.45, 2.75) is 103 Å². The van der Waals surface area contributed by atoms with Gasteiger partial charge in [-0.05, 0) is 50.0 Å². The van der Waals surface area contributed by atoms with Gasteiger partial charge < -0.3 is 10.1 Å². The molecular weight excluding hydrogens is 396 g/mol. The van der Waals surface area contributed by atoms with E-state index in [1.807, 2.05) is 4.98 Å². The molecule has 1 fully saturated rings. The molecule has 3 rings (SSSR count). The van der Waals surface area contributed by atoms with Crippen LogP contribution in [0.5, 0.6) is 0 Å². The zero-order valence-electron chi connectivity index (χ0n) is 43.1. The van der Waals surface area contributed by atoms with Crippen LogP contribution < -0.4 is 11.2 Å². The Hall–Kier alpha value is -2.38. The molecule has 172 valence electrons. The number of H-pyrrole nitrogens is 1. The van der Waals surface area contributed by atoms with Gasteiger partial charge in [0.1, 0.15) is 11.3 Å². The number of aryl methyl sites for hydroxylation is 1. The molecule has 2 heterocycles. The van der Waals surface area contributed by atoms with Crippen LogP contribution in [-0.2, 0) is 23.2 Å². The molecule has 0 radical (unpaired) electrons. The average molecular weight is 460 g/mol. The van der Waals surface area contributed by atoms with Gasteiger partial charge >= 0.3 is 11.7 Å². The van der Waals surface area contributed by atoms with Crippen molar-refractivity contribution in [3.63, 3.8) is 0 Å². The van der Waals surface area contributed by atoms with E-state index in [4.69, 9.17) is 37.0 Å². The molecule has 0 spiro atoms. The van der Waals surface area contributed by atoms with Crippen LogP contribution in [0.1, 0.15) is 128 Å². The normalized spacial score (nSPS) is 47.1. The maximum Gasteiger partial charge on any atom is 0.332 e. The zero-order chi connectivity index (χ0) is 46.6. The van der Waals surface area contributed by atoms with Gasteiger partial charge in [-0.15, -0.1) is 0 Å². The van der Waals surface area contributed by atoms with Crippen molar-refractivity contribution < 1.29 is 46.9 Å². The Kier molecular flexibility index (Phi) is 1.91. The Morgan fingerprint density at radius 3 is 2.58 bits per heavy atom. The van der Waals surface area contributed by atoms with Gasteiger partial charge in [-0.1, -0.05) is 33.9 Å². The molecule has 0 atom stereocenters. The molecule has 8 nitrogen and oxygen atoms in total. The highest BCUT2D eigenvalue weighted by Crippen LogP contribution is 2.50. The van der Waals surface area contributed by atoms with Gasteiger partial charge in [-0.25, -0.2) is 9.78 Å². The highest BCUT2D eigenvalue weighted by atomic mass is 16.4. The molecule has 0 aliphatic heterocycles. The summed E-state index contributed by atoms with van der Waals surface area (Å²) in [6.07, 6.45) is -40.7. The summed E-state index contributed by atoms with van der Waals surface area (Å²) in [5.41, 5.74) is -16.5. The standard InChI is InChI=1S/C23H36N4O4/c1-5-14-26-18-17(19(30)27(15-6-2)21(26)31)24-20(25-18)22(4)10-12-23(7-3,13-11-22)9-8-16(28)29/h5-15H2,1-4H3,(H,24,25)(H,28,29)/i2D3,3D2,5D2,6D2,7D2,8D2,9D2,10D2,11D2,12D2,13D2,14D2,15D2. The number of carboxylic acids is 1. The Balaban J connectivity index is 2.82. The number of carbonyl (C=O) groups is 1. The molecule has 2 aromatic rings. The minimum Gasteiger partial charge on any atom is -0.481 e. The topological polar surface area (TPSA) is 110 Å². The summed E-state index contributed by atoms with van der Waals surface area (Å²) < 4.78 is 226. The smallest absolute Gasteiger partial charge is 0.332 e. The monoisotopic (exact) mass is 459 g/mol. The van der Waals surface area contributed by atoms with Crippen LogP contribution in [0.15, 0.2) is 9.59 Å². The first kappa shape index (κ1) is 6.58. The van der Waals surface area contributed by atoms with Crippen LogP contribution >= 0.6 is 0 Å². The van der Waals surface area contributed by atoms with Crippen LogP contribution in [0.25, 0.3) is 11.2 Å². The van der Waals surface area contributed by atoms with E-state index >= 15 is 0 Å². The molecule has 0 bridgehead atoms. The van der Waals surface area contributed by atoms with Crippen molar-refractivity contribution in [2.24, 2.45) is 5.41 Å². The second-order valence-electron chi connectivity index (χ2n) is 6.22. The maximum absolute atomic E-state index is 14.0. The van der Waals surface area contributed by atoms with Crippen molar-refractivity contribution in [1.29, 1.82) is 0 Å². The van der Waals surface area contributed by atoms with Gasteiger partial charge in [0, 0.05) is 59.1 Å². The van der Waals surface area contributed by atoms with Crippen molar-refractivity contribution in [2.75, 3.05) is 0 Å². The van der Waals surface area contributed by atoms with Gasteiger partial charge in [0.25, 0.3) is 5.56 Å². The van der Waals surface area contributed by atoms with E-state index in [0.29, 0.717) is 6.92 Å². The number of aromatic amines is 1. The third-order valence-electron chi connectivity index (χ3n) is 4.13. The first-order valence-corrected chi connectivity index (χ1v) is 8.41. The molecule has 8 heteroatoms. The molecule has 1 aliphatic carbocycles. The first-order valence-electron chi connectivity index (χ1n) is 22.1. The molecule has 0 unspecified atom stereocenters. The lowest BCUT2D eigenvalue weighted by Crippen LogP contribution is -2.40. The summed E-state index contributed by atoms with van der Waals surface area (Å²) >= 11 is 0. The fraction of sp³-hybridized carbons (Fsp3) is 0.739. The number of hydrogen-bond acceptors (Lipinski definition) is 4. The predicted molar refractivity (Wildman–Crippen MR) is 121 cm³/mol. The maximum atomic E-state index is 14.0. The van der Waals surface area contributed by atoms with Crippen molar-refractivity contribution in [3.05, 3.63) is 26.7 Å². The van der Waals surface area contributed by atoms with Gasteiger partial charge in [0.2, 0.25) is 0 Å². The van der Waals surface area contributed by atoms with Crippen LogP contribution in [-0.4, -0.2) is 30.2 Å². The predicted octanol–water partition coefficient (Wildman–Crippen LogP) is 3.80. The second kappa shape index (κ2) is 9.01. The minimum absolute atomic E-state index is 0.265. The molecule has 1 saturated carbocycles. The Bertz CT molecular complexity index is 2090. The van der Waals surface area contributed by atoms with Gasteiger partial charge in [0.15, 0.2) is 5.65 Å². The van der Waals surface area contributed by atoms with Crippen LogP contribution in [0.4, 0.5) is 0 Å². The molecular formula is C23H36N4O4. The van der Waals surface area contributed by atoms with E-state index in [2.05, 4.69) is 4.98 Å². The summed E-state index contributed by atoms with van der Waals surface area (Å²) in [6.45, 7) is -14.8. The Morgan fingerprint density at radius 2 is 1.97 bits per heavy atom. The molecule has 0 amide bonds. The van der Waals surface area contributed by atoms with E-state index in [9.17, 15) is 19.5 Å². The molecule has 2 N–H and O–H groups in total. The molecule has 2 aromatic heterocycles. The quantitative estimate of drug-likeness (QED) is 0.592. The Morgan fingerprint density at radius 1 is 1.26 bits per heavy atom. The number of aromatic nitrogens is 4. The molecule has 1 aliphatic rings. The van der Waals surface area contributed by atoms with E-state index in [1.165, 1.54) is 0 Å². The highest BCUT2D eigenvalue weighted by molar-refractivity contribution is 5.70. The molecule has 0 aromatic carbocycles. The van der Waals surface area contributed by atoms with Crippen LogP contribution in [0.2, 0.25) is 0 Å². The third kappa shape index (κ3) is 4.34.